The van der Waals surface area contributed by atoms with Gasteiger partial charge in [0.05, 0.1) is 0 Å². The van der Waals surface area contributed by atoms with Crippen LogP contribution >= 0.6 is 0 Å². The maximum atomic E-state index is 5.12. The Morgan fingerprint density at radius 2 is 0.962 bits per heavy atom. The van der Waals surface area contributed by atoms with E-state index in [2.05, 4.69) is 116 Å². The Morgan fingerprint density at radius 1 is 0.442 bits per heavy atom. The molecule has 0 saturated heterocycles. The number of fused-ring (bicyclic) bond motifs is 3. The van der Waals surface area contributed by atoms with Gasteiger partial charge in [-0.1, -0.05) is 154 Å². The topological polar surface area (TPSA) is 52.8 Å². The molecule has 6 aromatic carbocycles. The molecule has 0 spiro atoms. The second-order valence-electron chi connectivity index (χ2n) is 14.2. The Hall–Kier alpha value is -6.39. The third kappa shape index (κ3) is 5.72. The monoisotopic (exact) mass is 669 g/mol. The maximum absolute atomic E-state index is 5.12. The number of aromatic nitrogens is 3. The van der Waals surface area contributed by atoms with Gasteiger partial charge in [-0.15, -0.1) is 6.54 Å². The summed E-state index contributed by atoms with van der Waals surface area (Å²) in [5.74, 6) is 1.92. The Balaban J connectivity index is 1.25. The highest BCUT2D eigenvalue weighted by atomic mass is 15.0. The van der Waals surface area contributed by atoms with Crippen molar-refractivity contribution in [2.45, 2.75) is 26.2 Å². The normalized spacial score (nSPS) is 14.1. The van der Waals surface area contributed by atoms with E-state index in [0.717, 1.165) is 44.6 Å². The SMILES string of the molecule is CC1=CC=C(c2cccc(-c3cc(-c4ccc5c(c4)-c4ccccc4C5(C)C)cc(-c4nc(-c5ccccc5)nc(-c5ccccc5)n4)c3)c2)C[N-]1. The van der Waals surface area contributed by atoms with Crippen LogP contribution in [0.5, 0.6) is 0 Å². The van der Waals surface area contributed by atoms with Crippen LogP contribution < -0.4 is 0 Å². The lowest BCUT2D eigenvalue weighted by atomic mass is 9.82. The quantitative estimate of drug-likeness (QED) is 0.177. The van der Waals surface area contributed by atoms with Crippen LogP contribution in [0.1, 0.15) is 37.5 Å². The van der Waals surface area contributed by atoms with Gasteiger partial charge in [0.25, 0.3) is 0 Å². The minimum atomic E-state index is -0.0573. The fourth-order valence-electron chi connectivity index (χ4n) is 7.55. The molecule has 1 aliphatic heterocycles. The lowest BCUT2D eigenvalue weighted by molar-refractivity contribution is 0.660. The van der Waals surface area contributed by atoms with Gasteiger partial charge in [-0.25, -0.2) is 15.0 Å². The van der Waals surface area contributed by atoms with E-state index in [0.29, 0.717) is 24.0 Å². The summed E-state index contributed by atoms with van der Waals surface area (Å²) in [7, 11) is 0. The first kappa shape index (κ1) is 31.6. The Labute approximate surface area is 305 Å². The molecule has 0 unspecified atom stereocenters. The Morgan fingerprint density at radius 3 is 1.62 bits per heavy atom. The second-order valence-corrected chi connectivity index (χ2v) is 14.2. The first-order valence-electron chi connectivity index (χ1n) is 17.8. The van der Waals surface area contributed by atoms with Crippen LogP contribution in [0.4, 0.5) is 0 Å². The molecule has 250 valence electrons. The Bertz CT molecular complexity index is 2490. The van der Waals surface area contributed by atoms with Gasteiger partial charge in [0.1, 0.15) is 0 Å². The minimum Gasteiger partial charge on any atom is -0.684 e. The van der Waals surface area contributed by atoms with E-state index in [1.807, 2.05) is 67.6 Å². The molecule has 4 nitrogen and oxygen atoms in total. The van der Waals surface area contributed by atoms with Crippen molar-refractivity contribution >= 4 is 5.57 Å². The van der Waals surface area contributed by atoms with E-state index in [4.69, 9.17) is 15.0 Å². The molecule has 9 rings (SSSR count). The summed E-state index contributed by atoms with van der Waals surface area (Å²) >= 11 is 0. The van der Waals surface area contributed by atoms with Gasteiger partial charge in [0, 0.05) is 22.1 Å². The van der Waals surface area contributed by atoms with E-state index in [1.165, 1.54) is 33.4 Å². The zero-order valence-corrected chi connectivity index (χ0v) is 29.5. The second kappa shape index (κ2) is 12.7. The molecular weight excluding hydrogens is 633 g/mol. The molecule has 4 heteroatoms. The number of benzene rings is 6. The van der Waals surface area contributed by atoms with E-state index < -0.39 is 0 Å². The number of hydrogen-bond donors (Lipinski definition) is 0. The molecule has 0 fully saturated rings. The van der Waals surface area contributed by atoms with E-state index in [-0.39, 0.29) is 5.41 Å². The smallest absolute Gasteiger partial charge is 0.164 e. The number of allylic oxidation sites excluding steroid dienone is 3. The maximum Gasteiger partial charge on any atom is 0.164 e. The van der Waals surface area contributed by atoms with Crippen LogP contribution in [0.2, 0.25) is 0 Å². The molecular formula is C48H37N4-. The molecule has 2 heterocycles. The summed E-state index contributed by atoms with van der Waals surface area (Å²) in [5.41, 5.74) is 16.0. The van der Waals surface area contributed by atoms with Gasteiger partial charge in [0.2, 0.25) is 0 Å². The largest absolute Gasteiger partial charge is 0.684 e. The highest BCUT2D eigenvalue weighted by Gasteiger charge is 2.35. The van der Waals surface area contributed by atoms with Crippen molar-refractivity contribution in [3.05, 3.63) is 185 Å². The first-order chi connectivity index (χ1) is 25.4. The van der Waals surface area contributed by atoms with Crippen molar-refractivity contribution in [1.29, 1.82) is 0 Å². The molecule has 0 saturated carbocycles. The van der Waals surface area contributed by atoms with Crippen LogP contribution in [0.25, 0.3) is 78.4 Å². The van der Waals surface area contributed by atoms with Crippen molar-refractivity contribution in [2.24, 2.45) is 0 Å². The average Bonchev–Trinajstić information content (AvgIpc) is 3.44. The van der Waals surface area contributed by atoms with Crippen molar-refractivity contribution in [3.63, 3.8) is 0 Å². The molecule has 52 heavy (non-hydrogen) atoms. The highest BCUT2D eigenvalue weighted by Crippen LogP contribution is 2.49. The van der Waals surface area contributed by atoms with Gasteiger partial charge >= 0.3 is 0 Å². The Kier molecular flexibility index (Phi) is 7.74. The van der Waals surface area contributed by atoms with E-state index in [1.54, 1.807) is 0 Å². The minimum absolute atomic E-state index is 0.0573. The van der Waals surface area contributed by atoms with Gasteiger partial charge < -0.3 is 5.32 Å². The zero-order chi connectivity index (χ0) is 35.2. The van der Waals surface area contributed by atoms with Crippen LogP contribution in [0.15, 0.2) is 163 Å². The van der Waals surface area contributed by atoms with Crippen LogP contribution in [0.3, 0.4) is 0 Å². The number of nitrogens with zero attached hydrogens (tertiary/aromatic N) is 4. The number of hydrogen-bond acceptors (Lipinski definition) is 3. The summed E-state index contributed by atoms with van der Waals surface area (Å²) in [6, 6.07) is 51.6. The van der Waals surface area contributed by atoms with E-state index >= 15 is 0 Å². The lowest BCUT2D eigenvalue weighted by Crippen LogP contribution is -2.14. The van der Waals surface area contributed by atoms with Crippen molar-refractivity contribution in [2.75, 3.05) is 6.54 Å². The zero-order valence-electron chi connectivity index (χ0n) is 29.5. The van der Waals surface area contributed by atoms with Crippen molar-refractivity contribution < 1.29 is 0 Å². The van der Waals surface area contributed by atoms with Crippen LogP contribution in [-0.2, 0) is 5.41 Å². The molecule has 0 atom stereocenters. The summed E-state index contributed by atoms with van der Waals surface area (Å²) in [4.78, 5) is 15.2. The third-order valence-corrected chi connectivity index (χ3v) is 10.4. The molecule has 1 aromatic heterocycles. The number of rotatable bonds is 6. The molecule has 0 bridgehead atoms. The van der Waals surface area contributed by atoms with Gasteiger partial charge in [0.15, 0.2) is 17.5 Å². The molecule has 0 N–H and O–H groups in total. The van der Waals surface area contributed by atoms with Gasteiger partial charge in [-0.05, 0) is 80.4 Å². The predicted molar refractivity (Wildman–Crippen MR) is 215 cm³/mol. The summed E-state index contributed by atoms with van der Waals surface area (Å²) in [6.07, 6.45) is 4.28. The van der Waals surface area contributed by atoms with Crippen LogP contribution in [-0.4, -0.2) is 21.5 Å². The molecule has 0 radical (unpaired) electrons. The fraction of sp³-hybridized carbons (Fsp3) is 0.104. The van der Waals surface area contributed by atoms with Gasteiger partial charge in [-0.3, -0.25) is 0 Å². The molecule has 0 amide bonds. The van der Waals surface area contributed by atoms with E-state index in [9.17, 15) is 0 Å². The predicted octanol–water partition coefficient (Wildman–Crippen LogP) is 12.2. The van der Waals surface area contributed by atoms with Crippen molar-refractivity contribution in [1.82, 2.24) is 15.0 Å². The van der Waals surface area contributed by atoms with Crippen LogP contribution in [0, 0.1) is 0 Å². The highest BCUT2D eigenvalue weighted by molar-refractivity contribution is 5.87. The first-order valence-corrected chi connectivity index (χ1v) is 17.8. The fourth-order valence-corrected chi connectivity index (χ4v) is 7.55. The summed E-state index contributed by atoms with van der Waals surface area (Å²) in [5, 5.41) is 4.69. The average molecular weight is 670 g/mol. The van der Waals surface area contributed by atoms with Crippen molar-refractivity contribution in [3.8, 4) is 67.5 Å². The summed E-state index contributed by atoms with van der Waals surface area (Å²) < 4.78 is 0. The summed E-state index contributed by atoms with van der Waals surface area (Å²) in [6.45, 7) is 7.37. The molecule has 1 aliphatic carbocycles. The third-order valence-electron chi connectivity index (χ3n) is 10.4. The standard InChI is InChI=1S/C48H37N4/c1-31-21-22-37(30-49-31)34-17-12-18-35(25-34)38-26-39(36-23-24-44-42(29-36)41-19-10-11-20-43(41)48(44,2)3)28-40(27-38)47-51-45(32-13-6-4-7-14-32)50-46(52-47)33-15-8-5-9-16-33/h4-29H,30H2,1-3H3/q-1. The molecule has 2 aliphatic rings. The van der Waals surface area contributed by atoms with Gasteiger partial charge in [-0.2, -0.15) is 5.70 Å². The molecule has 7 aromatic rings. The lowest BCUT2D eigenvalue weighted by Gasteiger charge is -2.27.